The van der Waals surface area contributed by atoms with Gasteiger partial charge in [-0.3, -0.25) is 9.36 Å². The van der Waals surface area contributed by atoms with E-state index in [2.05, 4.69) is 24.0 Å². The van der Waals surface area contributed by atoms with Crippen molar-refractivity contribution in [2.45, 2.75) is 26.8 Å². The van der Waals surface area contributed by atoms with Crippen LogP contribution >= 0.6 is 22.9 Å². The van der Waals surface area contributed by atoms with E-state index in [0.29, 0.717) is 12.4 Å². The predicted molar refractivity (Wildman–Crippen MR) is 71.0 cm³/mol. The summed E-state index contributed by atoms with van der Waals surface area (Å²) in [5, 5.41) is 0.254. The molecule has 0 unspecified atom stereocenters. The molecule has 2 rings (SSSR count). The lowest BCUT2D eigenvalue weighted by atomic mass is 10.3. The van der Waals surface area contributed by atoms with Crippen LogP contribution in [-0.4, -0.2) is 9.55 Å². The Morgan fingerprint density at radius 3 is 2.71 bits per heavy atom. The second-order valence-corrected chi connectivity index (χ2v) is 5.41. The van der Waals surface area contributed by atoms with Crippen molar-refractivity contribution in [3.05, 3.63) is 49.3 Å². The van der Waals surface area contributed by atoms with Gasteiger partial charge in [-0.2, -0.15) is 0 Å². The summed E-state index contributed by atoms with van der Waals surface area (Å²) in [5.41, 5.74) is -0.103. The zero-order chi connectivity index (χ0) is 12.4. The normalized spacial score (nSPS) is 10.8. The van der Waals surface area contributed by atoms with E-state index in [0.717, 1.165) is 11.3 Å². The summed E-state index contributed by atoms with van der Waals surface area (Å²) in [5.74, 6) is 0.647. The fourth-order valence-corrected chi connectivity index (χ4v) is 2.79. The monoisotopic (exact) mass is 268 g/mol. The van der Waals surface area contributed by atoms with Crippen molar-refractivity contribution in [3.8, 4) is 0 Å². The molecular weight excluding hydrogens is 256 g/mol. The quantitative estimate of drug-likeness (QED) is 0.803. The van der Waals surface area contributed by atoms with Crippen LogP contribution in [0.2, 0.25) is 5.15 Å². The van der Waals surface area contributed by atoms with E-state index >= 15 is 0 Å². The van der Waals surface area contributed by atoms with Gasteiger partial charge in [0.05, 0.1) is 6.54 Å². The van der Waals surface area contributed by atoms with Gasteiger partial charge in [0.2, 0.25) is 0 Å². The van der Waals surface area contributed by atoms with Crippen molar-refractivity contribution >= 4 is 22.9 Å². The SMILES string of the molecule is CCc1ccc(Cn2c(C)nc(Cl)cc2=O)s1. The van der Waals surface area contributed by atoms with Crippen LogP contribution < -0.4 is 5.56 Å². The first-order chi connectivity index (χ1) is 8.10. The van der Waals surface area contributed by atoms with Crippen LogP contribution in [0.5, 0.6) is 0 Å². The summed E-state index contributed by atoms with van der Waals surface area (Å²) < 4.78 is 1.64. The van der Waals surface area contributed by atoms with E-state index in [1.54, 1.807) is 22.8 Å². The van der Waals surface area contributed by atoms with Crippen LogP contribution in [0, 0.1) is 6.92 Å². The zero-order valence-electron chi connectivity index (χ0n) is 9.74. The van der Waals surface area contributed by atoms with Crippen molar-refractivity contribution in [3.63, 3.8) is 0 Å². The molecule has 0 aliphatic rings. The van der Waals surface area contributed by atoms with Crippen LogP contribution in [0.1, 0.15) is 22.5 Å². The van der Waals surface area contributed by atoms with E-state index < -0.39 is 0 Å². The molecule has 0 atom stereocenters. The highest BCUT2D eigenvalue weighted by Crippen LogP contribution is 2.18. The Labute approximate surface area is 109 Å². The molecule has 90 valence electrons. The van der Waals surface area contributed by atoms with Gasteiger partial charge >= 0.3 is 0 Å². The third-order valence-corrected chi connectivity index (χ3v) is 3.96. The lowest BCUT2D eigenvalue weighted by molar-refractivity contribution is 0.708. The molecule has 0 amide bonds. The molecular formula is C12H13ClN2OS. The highest BCUT2D eigenvalue weighted by Gasteiger charge is 2.06. The number of halogens is 1. The lowest BCUT2D eigenvalue weighted by Gasteiger charge is -2.07. The number of aryl methyl sites for hydroxylation is 2. The second-order valence-electron chi connectivity index (χ2n) is 3.77. The predicted octanol–water partition coefficient (Wildman–Crippen LogP) is 2.88. The van der Waals surface area contributed by atoms with Gasteiger partial charge in [-0.05, 0) is 25.5 Å². The van der Waals surface area contributed by atoms with Crippen LogP contribution in [0.4, 0.5) is 0 Å². The molecule has 0 fully saturated rings. The summed E-state index contributed by atoms with van der Waals surface area (Å²) in [6, 6.07) is 5.51. The second kappa shape index (κ2) is 5.02. The highest BCUT2D eigenvalue weighted by atomic mass is 35.5. The molecule has 5 heteroatoms. The Kier molecular flexibility index (Phi) is 3.64. The average Bonchev–Trinajstić information content (AvgIpc) is 2.71. The Morgan fingerprint density at radius 1 is 1.41 bits per heavy atom. The fraction of sp³-hybridized carbons (Fsp3) is 0.333. The molecule has 0 bridgehead atoms. The first kappa shape index (κ1) is 12.3. The number of rotatable bonds is 3. The fourth-order valence-electron chi connectivity index (χ4n) is 1.63. The molecule has 0 saturated heterocycles. The first-order valence-electron chi connectivity index (χ1n) is 5.41. The van der Waals surface area contributed by atoms with Gasteiger partial charge in [0.1, 0.15) is 11.0 Å². The molecule has 2 aromatic rings. The molecule has 2 aromatic heterocycles. The van der Waals surface area contributed by atoms with E-state index in [9.17, 15) is 4.79 Å². The topological polar surface area (TPSA) is 34.9 Å². The van der Waals surface area contributed by atoms with Crippen molar-refractivity contribution in [2.24, 2.45) is 0 Å². The van der Waals surface area contributed by atoms with E-state index in [-0.39, 0.29) is 10.7 Å². The minimum absolute atomic E-state index is 0.103. The van der Waals surface area contributed by atoms with Crippen molar-refractivity contribution in [2.75, 3.05) is 0 Å². The van der Waals surface area contributed by atoms with E-state index in [1.165, 1.54) is 10.9 Å². The molecule has 0 aromatic carbocycles. The summed E-state index contributed by atoms with van der Waals surface area (Å²) in [6.07, 6.45) is 1.03. The number of thiophene rings is 1. The first-order valence-corrected chi connectivity index (χ1v) is 6.61. The summed E-state index contributed by atoms with van der Waals surface area (Å²) >= 11 is 7.46. The highest BCUT2D eigenvalue weighted by molar-refractivity contribution is 7.11. The Morgan fingerprint density at radius 2 is 2.12 bits per heavy atom. The van der Waals surface area contributed by atoms with Crippen molar-refractivity contribution in [1.29, 1.82) is 0 Å². The van der Waals surface area contributed by atoms with E-state index in [1.807, 2.05) is 0 Å². The van der Waals surface area contributed by atoms with Gasteiger partial charge in [-0.25, -0.2) is 4.98 Å². The van der Waals surface area contributed by atoms with Gasteiger partial charge in [-0.15, -0.1) is 11.3 Å². The third-order valence-electron chi connectivity index (χ3n) is 2.55. The molecule has 0 spiro atoms. The van der Waals surface area contributed by atoms with Gasteiger partial charge in [0.25, 0.3) is 5.56 Å². The molecule has 3 nitrogen and oxygen atoms in total. The third kappa shape index (κ3) is 2.76. The minimum Gasteiger partial charge on any atom is -0.291 e. The smallest absolute Gasteiger partial charge is 0.255 e. The Hall–Kier alpha value is -1.13. The van der Waals surface area contributed by atoms with Gasteiger partial charge in [0, 0.05) is 15.8 Å². The Balaban J connectivity index is 2.33. The molecule has 0 aliphatic carbocycles. The maximum absolute atomic E-state index is 11.8. The molecule has 2 heterocycles. The lowest BCUT2D eigenvalue weighted by Crippen LogP contribution is -2.23. The molecule has 17 heavy (non-hydrogen) atoms. The van der Waals surface area contributed by atoms with Gasteiger partial charge < -0.3 is 0 Å². The standard InChI is InChI=1S/C12H13ClN2OS/c1-3-9-4-5-10(17-9)7-15-8(2)14-11(13)6-12(15)16/h4-6H,3,7H2,1-2H3. The largest absolute Gasteiger partial charge is 0.291 e. The van der Waals surface area contributed by atoms with Crippen LogP contribution in [0.25, 0.3) is 0 Å². The molecule has 0 N–H and O–H groups in total. The maximum Gasteiger partial charge on any atom is 0.255 e. The number of hydrogen-bond donors (Lipinski definition) is 0. The summed E-state index contributed by atoms with van der Waals surface area (Å²) in [6.45, 7) is 4.48. The summed E-state index contributed by atoms with van der Waals surface area (Å²) in [7, 11) is 0. The Bertz CT molecular complexity index is 588. The number of nitrogens with zero attached hydrogens (tertiary/aromatic N) is 2. The van der Waals surface area contributed by atoms with Crippen molar-refractivity contribution < 1.29 is 0 Å². The molecule has 0 saturated carbocycles. The van der Waals surface area contributed by atoms with Gasteiger partial charge in [0.15, 0.2) is 0 Å². The van der Waals surface area contributed by atoms with Crippen LogP contribution in [0.3, 0.4) is 0 Å². The average molecular weight is 269 g/mol. The summed E-state index contributed by atoms with van der Waals surface area (Å²) in [4.78, 5) is 18.4. The minimum atomic E-state index is -0.103. The van der Waals surface area contributed by atoms with Crippen LogP contribution in [0.15, 0.2) is 23.0 Å². The van der Waals surface area contributed by atoms with E-state index in [4.69, 9.17) is 11.6 Å². The van der Waals surface area contributed by atoms with Crippen molar-refractivity contribution in [1.82, 2.24) is 9.55 Å². The maximum atomic E-state index is 11.8. The van der Waals surface area contributed by atoms with Gasteiger partial charge in [-0.1, -0.05) is 18.5 Å². The molecule has 0 radical (unpaired) electrons. The number of aromatic nitrogens is 2. The van der Waals surface area contributed by atoms with Crippen LogP contribution in [-0.2, 0) is 13.0 Å². The zero-order valence-corrected chi connectivity index (χ0v) is 11.3. The molecule has 0 aliphatic heterocycles. The number of hydrogen-bond acceptors (Lipinski definition) is 3.